The summed E-state index contributed by atoms with van der Waals surface area (Å²) in [6.45, 7) is 0.547. The number of nitrogens with one attached hydrogen (secondary N) is 1. The summed E-state index contributed by atoms with van der Waals surface area (Å²) < 4.78 is 16.4. The van der Waals surface area contributed by atoms with Crippen molar-refractivity contribution in [3.63, 3.8) is 0 Å². The molecule has 1 heterocycles. The van der Waals surface area contributed by atoms with Gasteiger partial charge in [0, 0.05) is 12.5 Å². The molecule has 0 bridgehead atoms. The number of benzene rings is 2. The molecule has 1 aliphatic heterocycles. The first-order chi connectivity index (χ1) is 14.6. The third-order valence-electron chi connectivity index (χ3n) is 5.52. The van der Waals surface area contributed by atoms with E-state index in [4.69, 9.17) is 14.2 Å². The maximum atomic E-state index is 12.3. The number of hydrogen-bond donors (Lipinski definition) is 2. The number of carboxylic acid groups (broad SMARTS) is 1. The van der Waals surface area contributed by atoms with Crippen LogP contribution in [0.3, 0.4) is 0 Å². The fraction of sp³-hybridized carbons (Fsp3) is 0.391. The molecule has 2 N–H and O–H groups in total. The number of rotatable bonds is 7. The van der Waals surface area contributed by atoms with Crippen LogP contribution in [0.5, 0.6) is 0 Å². The second-order valence-electron chi connectivity index (χ2n) is 7.49. The van der Waals surface area contributed by atoms with Gasteiger partial charge in [-0.1, -0.05) is 48.5 Å². The van der Waals surface area contributed by atoms with Gasteiger partial charge in [-0.25, -0.2) is 9.59 Å². The van der Waals surface area contributed by atoms with Crippen LogP contribution in [0.2, 0.25) is 0 Å². The molecule has 1 fully saturated rings. The Morgan fingerprint density at radius 3 is 2.33 bits per heavy atom. The lowest BCUT2D eigenvalue weighted by Crippen LogP contribution is -2.45. The van der Waals surface area contributed by atoms with Crippen LogP contribution in [0.15, 0.2) is 48.5 Å². The molecule has 7 nitrogen and oxygen atoms in total. The molecule has 1 unspecified atom stereocenters. The monoisotopic (exact) mass is 411 g/mol. The average molecular weight is 411 g/mol. The minimum atomic E-state index is -1.20. The second-order valence-corrected chi connectivity index (χ2v) is 7.49. The molecular formula is C23H25NO6. The minimum absolute atomic E-state index is 0.0849. The summed E-state index contributed by atoms with van der Waals surface area (Å²) >= 11 is 0. The lowest BCUT2D eigenvalue weighted by Gasteiger charge is -2.24. The number of amides is 1. The summed E-state index contributed by atoms with van der Waals surface area (Å²) in [5.41, 5.74) is 4.45. The molecule has 1 aliphatic carbocycles. The second kappa shape index (κ2) is 9.28. The quantitative estimate of drug-likeness (QED) is 0.724. The van der Waals surface area contributed by atoms with Crippen LogP contribution in [0.4, 0.5) is 4.79 Å². The zero-order valence-electron chi connectivity index (χ0n) is 16.6. The Bertz CT molecular complexity index is 863. The van der Waals surface area contributed by atoms with Crippen molar-refractivity contribution >= 4 is 12.1 Å². The minimum Gasteiger partial charge on any atom is -0.480 e. The largest absolute Gasteiger partial charge is 0.480 e. The van der Waals surface area contributed by atoms with Crippen LogP contribution >= 0.6 is 0 Å². The van der Waals surface area contributed by atoms with Crippen LogP contribution in [0, 0.1) is 0 Å². The molecule has 158 valence electrons. The summed E-state index contributed by atoms with van der Waals surface area (Å²) in [5.74, 6) is -1.27. The lowest BCUT2D eigenvalue weighted by molar-refractivity contribution is -0.171. The van der Waals surface area contributed by atoms with E-state index in [-0.39, 0.29) is 19.1 Å². The Hall–Kier alpha value is -2.90. The van der Waals surface area contributed by atoms with Crippen LogP contribution < -0.4 is 5.32 Å². The van der Waals surface area contributed by atoms with Gasteiger partial charge in [0.1, 0.15) is 6.61 Å². The predicted octanol–water partition coefficient (Wildman–Crippen LogP) is 3.52. The normalized spacial score (nSPS) is 18.9. The molecule has 2 aliphatic rings. The number of carboxylic acids is 1. The summed E-state index contributed by atoms with van der Waals surface area (Å²) in [7, 11) is 0. The molecular weight excluding hydrogens is 386 g/mol. The average Bonchev–Trinajstić information content (AvgIpc) is 3.09. The van der Waals surface area contributed by atoms with E-state index in [1.54, 1.807) is 0 Å². The van der Waals surface area contributed by atoms with E-state index < -0.39 is 24.4 Å². The predicted molar refractivity (Wildman–Crippen MR) is 109 cm³/mol. The number of hydrogen-bond acceptors (Lipinski definition) is 5. The standard InChI is InChI=1S/C23H25NO6/c25-22(26)20(14-29-21-11-5-6-12-28-21)24-23(27)30-13-19-17-9-3-1-7-15(17)16-8-2-4-10-18(16)19/h1-4,7-10,19-21H,5-6,11-14H2,(H,24,27)(H,25,26)/t20-,21?/m0/s1. The topological polar surface area (TPSA) is 94.1 Å². The summed E-state index contributed by atoms with van der Waals surface area (Å²) in [6, 6.07) is 14.9. The molecule has 4 rings (SSSR count). The third-order valence-corrected chi connectivity index (χ3v) is 5.52. The Morgan fingerprint density at radius 1 is 1.07 bits per heavy atom. The highest BCUT2D eigenvalue weighted by molar-refractivity contribution is 5.81. The maximum absolute atomic E-state index is 12.3. The van der Waals surface area contributed by atoms with Gasteiger partial charge < -0.3 is 24.6 Å². The van der Waals surface area contributed by atoms with Crippen molar-refractivity contribution in [3.8, 4) is 11.1 Å². The first kappa shape index (κ1) is 20.4. The van der Waals surface area contributed by atoms with Crippen LogP contribution in [-0.2, 0) is 19.0 Å². The highest BCUT2D eigenvalue weighted by atomic mass is 16.7. The Labute approximate surface area is 174 Å². The van der Waals surface area contributed by atoms with Crippen molar-refractivity contribution in [1.82, 2.24) is 5.32 Å². The molecule has 0 spiro atoms. The van der Waals surface area contributed by atoms with Crippen LogP contribution in [0.25, 0.3) is 11.1 Å². The molecule has 2 aromatic carbocycles. The number of alkyl carbamates (subject to hydrolysis) is 1. The number of fused-ring (bicyclic) bond motifs is 3. The molecule has 1 amide bonds. The number of aliphatic carboxylic acids is 1. The molecule has 0 saturated carbocycles. The van der Waals surface area contributed by atoms with E-state index in [2.05, 4.69) is 17.4 Å². The van der Waals surface area contributed by atoms with Crippen LogP contribution in [-0.4, -0.2) is 49.3 Å². The molecule has 2 atom stereocenters. The highest BCUT2D eigenvalue weighted by Crippen LogP contribution is 2.44. The first-order valence-electron chi connectivity index (χ1n) is 10.2. The Morgan fingerprint density at radius 2 is 1.73 bits per heavy atom. The van der Waals surface area contributed by atoms with Crippen LogP contribution in [0.1, 0.15) is 36.3 Å². The van der Waals surface area contributed by atoms with Crippen molar-refractivity contribution < 1.29 is 28.9 Å². The fourth-order valence-electron chi connectivity index (χ4n) is 4.00. The van der Waals surface area contributed by atoms with Crippen molar-refractivity contribution in [1.29, 1.82) is 0 Å². The fourth-order valence-corrected chi connectivity index (χ4v) is 4.00. The summed E-state index contributed by atoms with van der Waals surface area (Å²) in [5, 5.41) is 11.8. The Balaban J connectivity index is 1.35. The van der Waals surface area contributed by atoms with E-state index in [9.17, 15) is 14.7 Å². The zero-order chi connectivity index (χ0) is 20.9. The van der Waals surface area contributed by atoms with Crippen molar-refractivity contribution in [2.45, 2.75) is 37.5 Å². The van der Waals surface area contributed by atoms with Gasteiger partial charge in [0.2, 0.25) is 0 Å². The SMILES string of the molecule is O=C(N[C@@H](COC1CCCCO1)C(=O)O)OCC1c2ccccc2-c2ccccc21. The maximum Gasteiger partial charge on any atom is 0.407 e. The van der Waals surface area contributed by atoms with Gasteiger partial charge in [0.05, 0.1) is 6.61 Å². The van der Waals surface area contributed by atoms with E-state index in [0.717, 1.165) is 41.5 Å². The smallest absolute Gasteiger partial charge is 0.407 e. The summed E-state index contributed by atoms with van der Waals surface area (Å²) in [4.78, 5) is 23.8. The molecule has 2 aromatic rings. The van der Waals surface area contributed by atoms with Crippen molar-refractivity contribution in [2.24, 2.45) is 0 Å². The molecule has 0 aromatic heterocycles. The lowest BCUT2D eigenvalue weighted by atomic mass is 9.98. The molecule has 7 heteroatoms. The number of ether oxygens (including phenoxy) is 3. The summed E-state index contributed by atoms with van der Waals surface area (Å²) in [6.07, 6.45) is 1.46. The van der Waals surface area contributed by atoms with E-state index in [0.29, 0.717) is 6.61 Å². The van der Waals surface area contributed by atoms with Gasteiger partial charge in [-0.15, -0.1) is 0 Å². The van der Waals surface area contributed by atoms with Gasteiger partial charge in [0.15, 0.2) is 12.3 Å². The highest BCUT2D eigenvalue weighted by Gasteiger charge is 2.30. The van der Waals surface area contributed by atoms with E-state index in [1.165, 1.54) is 0 Å². The number of carbonyl (C=O) groups excluding carboxylic acids is 1. The van der Waals surface area contributed by atoms with E-state index >= 15 is 0 Å². The molecule has 30 heavy (non-hydrogen) atoms. The Kier molecular flexibility index (Phi) is 6.30. The zero-order valence-corrected chi connectivity index (χ0v) is 16.6. The van der Waals surface area contributed by atoms with Gasteiger partial charge in [0.25, 0.3) is 0 Å². The first-order valence-corrected chi connectivity index (χ1v) is 10.2. The number of carbonyl (C=O) groups is 2. The van der Waals surface area contributed by atoms with Gasteiger partial charge in [-0.3, -0.25) is 0 Å². The van der Waals surface area contributed by atoms with Gasteiger partial charge in [-0.2, -0.15) is 0 Å². The van der Waals surface area contributed by atoms with Gasteiger partial charge >= 0.3 is 12.1 Å². The van der Waals surface area contributed by atoms with Gasteiger partial charge in [-0.05, 0) is 41.5 Å². The molecule has 1 saturated heterocycles. The van der Waals surface area contributed by atoms with Crippen molar-refractivity contribution in [2.75, 3.05) is 19.8 Å². The third kappa shape index (κ3) is 4.47. The van der Waals surface area contributed by atoms with Crippen molar-refractivity contribution in [3.05, 3.63) is 59.7 Å². The van der Waals surface area contributed by atoms with E-state index in [1.807, 2.05) is 36.4 Å². The molecule has 0 radical (unpaired) electrons.